The molecular formula is C24H30N2O5. The molecule has 1 aliphatic heterocycles. The van der Waals surface area contributed by atoms with Gasteiger partial charge in [0.2, 0.25) is 0 Å². The minimum absolute atomic E-state index is 0.00566. The first-order valence-electron chi connectivity index (χ1n) is 10.5. The normalized spacial score (nSPS) is 13.3. The van der Waals surface area contributed by atoms with Crippen LogP contribution in [0.5, 0.6) is 11.5 Å². The lowest BCUT2D eigenvalue weighted by atomic mass is 10.2. The van der Waals surface area contributed by atoms with Crippen LogP contribution < -0.4 is 19.7 Å². The number of ether oxygens (including phenoxy) is 3. The Morgan fingerprint density at radius 3 is 2.58 bits per heavy atom. The maximum absolute atomic E-state index is 12.5. The van der Waals surface area contributed by atoms with Crippen molar-refractivity contribution < 1.29 is 23.8 Å². The summed E-state index contributed by atoms with van der Waals surface area (Å²) < 4.78 is 16.6. The molecule has 1 N–H and O–H groups in total. The third-order valence-corrected chi connectivity index (χ3v) is 4.61. The third-order valence-electron chi connectivity index (χ3n) is 4.61. The Balaban J connectivity index is 1.57. The highest BCUT2D eigenvalue weighted by Crippen LogP contribution is 2.35. The number of nitrogens with zero attached hydrogens (tertiary/aromatic N) is 1. The molecule has 0 aromatic heterocycles. The fraction of sp³-hybridized carbons (Fsp3) is 0.417. The molecule has 0 radical (unpaired) electrons. The number of amides is 2. The van der Waals surface area contributed by atoms with E-state index in [1.54, 1.807) is 43.9 Å². The van der Waals surface area contributed by atoms with Crippen LogP contribution >= 0.6 is 0 Å². The molecule has 0 saturated carbocycles. The first-order chi connectivity index (χ1) is 14.7. The van der Waals surface area contributed by atoms with Crippen molar-refractivity contribution in [2.24, 2.45) is 0 Å². The second-order valence-corrected chi connectivity index (χ2v) is 8.51. The second kappa shape index (κ2) is 9.73. The van der Waals surface area contributed by atoms with Gasteiger partial charge < -0.3 is 19.1 Å². The van der Waals surface area contributed by atoms with Crippen LogP contribution in [-0.4, -0.2) is 37.4 Å². The fourth-order valence-corrected chi connectivity index (χ4v) is 3.14. The SMILES string of the molecule is Cc1ccc(OCCCCN2C(=O)COc3ccc(NC(=O)OC(C)(C)C)cc32)cc1. The molecule has 31 heavy (non-hydrogen) atoms. The van der Waals surface area contributed by atoms with E-state index in [0.29, 0.717) is 30.3 Å². The summed E-state index contributed by atoms with van der Waals surface area (Å²) in [5.74, 6) is 1.35. The van der Waals surface area contributed by atoms with Crippen LogP contribution in [0.4, 0.5) is 16.2 Å². The number of carbonyl (C=O) groups excluding carboxylic acids is 2. The molecule has 166 valence electrons. The second-order valence-electron chi connectivity index (χ2n) is 8.51. The predicted molar refractivity (Wildman–Crippen MR) is 120 cm³/mol. The van der Waals surface area contributed by atoms with Crippen molar-refractivity contribution in [3.05, 3.63) is 48.0 Å². The average Bonchev–Trinajstić information content (AvgIpc) is 2.69. The number of hydrogen-bond acceptors (Lipinski definition) is 5. The van der Waals surface area contributed by atoms with Crippen molar-refractivity contribution in [3.63, 3.8) is 0 Å². The van der Waals surface area contributed by atoms with Gasteiger partial charge in [0, 0.05) is 12.2 Å². The van der Waals surface area contributed by atoms with E-state index in [9.17, 15) is 9.59 Å². The third kappa shape index (κ3) is 6.64. The predicted octanol–water partition coefficient (Wildman–Crippen LogP) is 4.93. The van der Waals surface area contributed by atoms with Crippen molar-refractivity contribution in [3.8, 4) is 11.5 Å². The summed E-state index contributed by atoms with van der Waals surface area (Å²) >= 11 is 0. The van der Waals surface area contributed by atoms with Gasteiger partial charge in [0.1, 0.15) is 17.1 Å². The molecule has 0 bridgehead atoms. The van der Waals surface area contributed by atoms with E-state index in [-0.39, 0.29) is 12.5 Å². The zero-order valence-corrected chi connectivity index (χ0v) is 18.6. The van der Waals surface area contributed by atoms with Crippen LogP contribution in [0.3, 0.4) is 0 Å². The molecule has 1 heterocycles. The van der Waals surface area contributed by atoms with Crippen molar-refractivity contribution in [1.29, 1.82) is 0 Å². The molecule has 0 unspecified atom stereocenters. The van der Waals surface area contributed by atoms with Crippen LogP contribution in [0.2, 0.25) is 0 Å². The summed E-state index contributed by atoms with van der Waals surface area (Å²) in [5, 5.41) is 2.71. The maximum Gasteiger partial charge on any atom is 0.412 e. The smallest absolute Gasteiger partial charge is 0.412 e. The molecule has 0 aliphatic carbocycles. The quantitative estimate of drug-likeness (QED) is 0.636. The summed E-state index contributed by atoms with van der Waals surface area (Å²) in [6.07, 6.45) is 1.04. The highest BCUT2D eigenvalue weighted by atomic mass is 16.6. The number of carbonyl (C=O) groups is 2. The Hall–Kier alpha value is -3.22. The fourth-order valence-electron chi connectivity index (χ4n) is 3.14. The van der Waals surface area contributed by atoms with Gasteiger partial charge in [-0.25, -0.2) is 4.79 Å². The standard InChI is InChI=1S/C24H30N2O5/c1-17-7-10-19(11-8-17)29-14-6-5-13-26-20-15-18(25-23(28)31-24(2,3)4)9-12-21(20)30-16-22(26)27/h7-12,15H,5-6,13-14,16H2,1-4H3,(H,25,28). The number of fused-ring (bicyclic) bond motifs is 1. The first-order valence-corrected chi connectivity index (χ1v) is 10.5. The molecule has 1 aliphatic rings. The van der Waals surface area contributed by atoms with Gasteiger partial charge in [0.15, 0.2) is 6.61 Å². The number of benzene rings is 2. The van der Waals surface area contributed by atoms with Gasteiger partial charge in [-0.1, -0.05) is 17.7 Å². The lowest BCUT2D eigenvalue weighted by Gasteiger charge is -2.30. The van der Waals surface area contributed by atoms with Crippen molar-refractivity contribution in [1.82, 2.24) is 0 Å². The largest absolute Gasteiger partial charge is 0.494 e. The number of unbranched alkanes of at least 4 members (excludes halogenated alkanes) is 1. The number of aryl methyl sites for hydroxylation is 1. The Kier molecular flexibility index (Phi) is 7.05. The monoisotopic (exact) mass is 426 g/mol. The van der Waals surface area contributed by atoms with Crippen LogP contribution in [0, 0.1) is 6.92 Å². The molecule has 0 saturated heterocycles. The Labute approximate surface area is 183 Å². The average molecular weight is 427 g/mol. The molecule has 2 aromatic rings. The minimum atomic E-state index is -0.593. The van der Waals surface area contributed by atoms with Crippen LogP contribution in [0.25, 0.3) is 0 Å². The zero-order valence-electron chi connectivity index (χ0n) is 18.6. The molecule has 0 fully saturated rings. The zero-order chi connectivity index (χ0) is 22.4. The van der Waals surface area contributed by atoms with Crippen LogP contribution in [-0.2, 0) is 9.53 Å². The van der Waals surface area contributed by atoms with Gasteiger partial charge in [0.25, 0.3) is 5.91 Å². The summed E-state index contributed by atoms with van der Waals surface area (Å²) in [4.78, 5) is 26.2. The van der Waals surface area contributed by atoms with E-state index in [4.69, 9.17) is 14.2 Å². The molecular weight excluding hydrogens is 396 g/mol. The number of hydrogen-bond donors (Lipinski definition) is 1. The molecule has 3 rings (SSSR count). The van der Waals surface area contributed by atoms with Crippen molar-refractivity contribution >= 4 is 23.4 Å². The minimum Gasteiger partial charge on any atom is -0.494 e. The Bertz CT molecular complexity index is 919. The van der Waals surface area contributed by atoms with Gasteiger partial charge >= 0.3 is 6.09 Å². The Morgan fingerprint density at radius 1 is 1.13 bits per heavy atom. The number of rotatable bonds is 7. The van der Waals surface area contributed by atoms with E-state index in [1.807, 2.05) is 31.2 Å². The van der Waals surface area contributed by atoms with Crippen LogP contribution in [0.15, 0.2) is 42.5 Å². The van der Waals surface area contributed by atoms with Crippen molar-refractivity contribution in [2.75, 3.05) is 30.0 Å². The number of anilines is 2. The summed E-state index contributed by atoms with van der Waals surface area (Å²) in [5.41, 5.74) is 1.78. The Morgan fingerprint density at radius 2 is 1.87 bits per heavy atom. The highest BCUT2D eigenvalue weighted by Gasteiger charge is 2.26. The lowest BCUT2D eigenvalue weighted by Crippen LogP contribution is -2.39. The van der Waals surface area contributed by atoms with Gasteiger partial charge in [-0.15, -0.1) is 0 Å². The molecule has 0 spiro atoms. The molecule has 2 aromatic carbocycles. The molecule has 0 atom stereocenters. The highest BCUT2D eigenvalue weighted by molar-refractivity contribution is 5.99. The maximum atomic E-state index is 12.5. The summed E-state index contributed by atoms with van der Waals surface area (Å²) in [7, 11) is 0. The van der Waals surface area contributed by atoms with Crippen LogP contribution in [0.1, 0.15) is 39.2 Å². The topological polar surface area (TPSA) is 77.1 Å². The van der Waals surface area contributed by atoms with E-state index in [2.05, 4.69) is 5.32 Å². The van der Waals surface area contributed by atoms with E-state index in [1.165, 1.54) is 5.56 Å². The molecule has 7 nitrogen and oxygen atoms in total. The van der Waals surface area contributed by atoms with E-state index < -0.39 is 11.7 Å². The van der Waals surface area contributed by atoms with E-state index in [0.717, 1.165) is 18.6 Å². The van der Waals surface area contributed by atoms with Gasteiger partial charge in [-0.05, 0) is 70.9 Å². The van der Waals surface area contributed by atoms with E-state index >= 15 is 0 Å². The lowest BCUT2D eigenvalue weighted by molar-refractivity contribution is -0.121. The molecule has 2 amide bonds. The van der Waals surface area contributed by atoms with Gasteiger partial charge in [-0.2, -0.15) is 0 Å². The first kappa shape index (κ1) is 22.5. The number of nitrogens with one attached hydrogen (secondary N) is 1. The van der Waals surface area contributed by atoms with Gasteiger partial charge in [-0.3, -0.25) is 10.1 Å². The summed E-state index contributed by atoms with van der Waals surface area (Å²) in [6.45, 7) is 8.57. The van der Waals surface area contributed by atoms with Crippen molar-refractivity contribution in [2.45, 2.75) is 46.1 Å². The van der Waals surface area contributed by atoms with Gasteiger partial charge in [0.05, 0.1) is 12.3 Å². The summed E-state index contributed by atoms with van der Waals surface area (Å²) in [6, 6.07) is 13.2. The molecule has 7 heteroatoms.